The van der Waals surface area contributed by atoms with Gasteiger partial charge in [-0.25, -0.2) is 17.6 Å². The van der Waals surface area contributed by atoms with Crippen LogP contribution in [-0.2, 0) is 48.2 Å². The van der Waals surface area contributed by atoms with Gasteiger partial charge < -0.3 is 102 Å². The summed E-state index contributed by atoms with van der Waals surface area (Å²) in [7, 11) is 5.22. The van der Waals surface area contributed by atoms with E-state index in [-0.39, 0.29) is 60.7 Å². The van der Waals surface area contributed by atoms with Gasteiger partial charge in [0.15, 0.2) is 23.1 Å². The number of ether oxygens (including phenoxy) is 15. The first-order valence-corrected chi connectivity index (χ1v) is 44.1. The molecule has 9 aromatic carbocycles. The maximum atomic E-state index is 13.7. The number of fused-ring (bicyclic) bond motifs is 3. The van der Waals surface area contributed by atoms with E-state index >= 15 is 0 Å². The minimum absolute atomic E-state index is 0.0417. The highest BCUT2D eigenvalue weighted by Crippen LogP contribution is 2.40. The van der Waals surface area contributed by atoms with Gasteiger partial charge in [0.05, 0.1) is 114 Å². The molecule has 21 nitrogen and oxygen atoms in total. The topological polar surface area (TPSA) is 184 Å². The van der Waals surface area contributed by atoms with Crippen LogP contribution in [0.5, 0.6) is 51.7 Å². The number of nitrogens with zero attached hydrogens (tertiary/aromatic N) is 3. The Morgan fingerprint density at radius 1 is 0.336 bits per heavy atom. The molecule has 672 valence electrons. The first-order valence-electron chi connectivity index (χ1n) is 44.1. The number of hydrogen-bond donors (Lipinski definition) is 3. The van der Waals surface area contributed by atoms with Crippen molar-refractivity contribution >= 4 is 17.1 Å². The molecular weight excluding hydrogens is 1610 g/mol. The van der Waals surface area contributed by atoms with E-state index in [4.69, 9.17) is 71.1 Å². The van der Waals surface area contributed by atoms with Crippen LogP contribution in [0.3, 0.4) is 0 Å². The molecule has 15 rings (SSSR count). The number of rotatable bonds is 42. The fraction of sp³-hybridized carbons (Fsp3) is 0.455. The second kappa shape index (κ2) is 49.7. The van der Waals surface area contributed by atoms with Crippen LogP contribution in [0.25, 0.3) is 0 Å². The minimum atomic E-state index is -0.966. The highest BCUT2D eigenvalue weighted by Gasteiger charge is 2.32. The van der Waals surface area contributed by atoms with Crippen LogP contribution in [0.4, 0.5) is 39.0 Å². The van der Waals surface area contributed by atoms with Crippen molar-refractivity contribution in [1.29, 1.82) is 0 Å². The maximum Gasteiger partial charge on any atom is 0.200 e. The van der Waals surface area contributed by atoms with Gasteiger partial charge in [-0.2, -0.15) is 4.39 Å². The molecule has 6 heterocycles. The van der Waals surface area contributed by atoms with Gasteiger partial charge in [-0.3, -0.25) is 0 Å². The summed E-state index contributed by atoms with van der Waals surface area (Å²) in [6.07, 6.45) is 7.99. The highest BCUT2D eigenvalue weighted by molar-refractivity contribution is 5.63. The van der Waals surface area contributed by atoms with Gasteiger partial charge >= 0.3 is 0 Å². The Bertz CT molecular complexity index is 4680. The van der Waals surface area contributed by atoms with E-state index in [2.05, 4.69) is 122 Å². The molecule has 0 unspecified atom stereocenters. The van der Waals surface area contributed by atoms with Crippen molar-refractivity contribution in [2.24, 2.45) is 0 Å². The monoisotopic (exact) mass is 1730 g/mol. The Kier molecular flexibility index (Phi) is 36.8. The van der Waals surface area contributed by atoms with Gasteiger partial charge in [0.2, 0.25) is 5.82 Å². The zero-order valence-electron chi connectivity index (χ0n) is 72.2. The molecule has 0 aromatic heterocycles. The minimum Gasteiger partial charge on any atom is -0.493 e. The summed E-state index contributed by atoms with van der Waals surface area (Å²) in [5.74, 6) is 3.19. The van der Waals surface area contributed by atoms with Crippen LogP contribution < -0.4 is 73.3 Å². The Balaban J connectivity index is 0.000000161. The molecule has 3 fully saturated rings. The number of nitrogens with one attached hydrogen (secondary N) is 3. The predicted molar refractivity (Wildman–Crippen MR) is 474 cm³/mol. The largest absolute Gasteiger partial charge is 0.493 e. The second-order valence-electron chi connectivity index (χ2n) is 31.7. The SMILES string of the molecule is COCCCN1CCOc2ccc(CO[C@H]3CNCC[C@@H]3c3ccc(OCCCOc4ccc(F)cc4)cc3)cc21.COCCCN1CCOc2ccc(CO[C@H]3CNCC[C@@H]3c3ccc(OCCCOc4ccc(F)cc4F)cc3)cc21.COCCCN1CCOc2ccc(CO[C@H]3CNCC[C@@H]3c3ccc(OCCCOc4cccc(F)c4F)cc3)cc21. The fourth-order valence-electron chi connectivity index (χ4n) is 16.3. The number of methoxy groups -OCH3 is 3. The van der Waals surface area contributed by atoms with Gasteiger partial charge in [-0.05, 0) is 213 Å². The lowest BCUT2D eigenvalue weighted by atomic mass is 9.87. The van der Waals surface area contributed by atoms with Crippen molar-refractivity contribution in [3.8, 4) is 51.7 Å². The van der Waals surface area contributed by atoms with E-state index in [1.165, 1.54) is 53.1 Å². The van der Waals surface area contributed by atoms with Crippen molar-refractivity contribution in [3.05, 3.63) is 251 Å². The predicted octanol–water partition coefficient (Wildman–Crippen LogP) is 17.0. The van der Waals surface area contributed by atoms with Crippen LogP contribution in [-0.4, -0.2) is 197 Å². The first kappa shape index (κ1) is 92.5. The summed E-state index contributed by atoms with van der Waals surface area (Å²) in [6, 6.07) is 57.1. The Morgan fingerprint density at radius 2 is 0.680 bits per heavy atom. The summed E-state index contributed by atoms with van der Waals surface area (Å²) >= 11 is 0. The molecule has 0 amide bonds. The summed E-state index contributed by atoms with van der Waals surface area (Å²) in [4.78, 5) is 7.12. The van der Waals surface area contributed by atoms with E-state index in [1.54, 1.807) is 33.5 Å². The van der Waals surface area contributed by atoms with Crippen molar-refractivity contribution in [3.63, 3.8) is 0 Å². The van der Waals surface area contributed by atoms with E-state index in [9.17, 15) is 22.0 Å². The Labute approximate surface area is 732 Å². The standard InChI is InChI=1S/2C33H40F2N2O5.C33H41FN2O5/c1-38-16-2-14-37-15-19-41-32-10-4-24(20-30(32)37)23-42-33-22-36-13-12-28(33)25-5-8-27(9-6-25)39-17-3-18-40-31-11-7-26(34)21-29(31)35;1-38-17-3-15-37-16-20-41-30-12-7-24(21-29(30)37)23-42-32-22-36-14-13-27(32)25-8-10-26(11-9-25)39-18-4-19-40-31-6-2-5-28(34)33(31)35;1-37-18-2-16-36-17-21-40-32-13-4-25(22-31(32)36)24-41-33-23-35-15-14-30(33)26-5-9-28(10-6-26)38-19-3-20-39-29-11-7-27(34)8-12-29/h4-11,20-21,28,33,36H,2-3,12-19,22-23H2,1H3;2,5-12,21,27,32,36H,3-4,13-20,22-23H2,1H3;4-13,22,30,33,35H,2-3,14-21,23-24H2,1H3/t28-,33+;27-,32+;30-,33+/m111/s1. The zero-order valence-corrected chi connectivity index (χ0v) is 72.2. The van der Waals surface area contributed by atoms with E-state index in [0.717, 1.165) is 224 Å². The number of halogens is 5. The van der Waals surface area contributed by atoms with Gasteiger partial charge in [-0.1, -0.05) is 60.7 Å². The van der Waals surface area contributed by atoms with Gasteiger partial charge in [0.1, 0.15) is 71.7 Å². The van der Waals surface area contributed by atoms with Crippen molar-refractivity contribution in [1.82, 2.24) is 16.0 Å². The van der Waals surface area contributed by atoms with Crippen LogP contribution >= 0.6 is 0 Å². The molecular formula is C99H121F5N6O15. The quantitative estimate of drug-likeness (QED) is 0.0242. The summed E-state index contributed by atoms with van der Waals surface area (Å²) < 4.78 is 154. The molecule has 125 heavy (non-hydrogen) atoms. The van der Waals surface area contributed by atoms with Crippen molar-refractivity contribution in [2.45, 2.75) is 114 Å². The average molecular weight is 1730 g/mol. The lowest BCUT2D eigenvalue weighted by Gasteiger charge is -2.33. The molecule has 3 saturated heterocycles. The number of anilines is 3. The maximum absolute atomic E-state index is 13.7. The second-order valence-corrected chi connectivity index (χ2v) is 31.7. The molecule has 3 N–H and O–H groups in total. The lowest BCUT2D eigenvalue weighted by Crippen LogP contribution is -2.41. The van der Waals surface area contributed by atoms with Gasteiger partial charge in [-0.15, -0.1) is 0 Å². The third-order valence-corrected chi connectivity index (χ3v) is 23.0. The Morgan fingerprint density at radius 3 is 1.04 bits per heavy atom. The third-order valence-electron chi connectivity index (χ3n) is 23.0. The first-order chi connectivity index (χ1) is 61.4. The molecule has 0 radical (unpaired) electrons. The van der Waals surface area contributed by atoms with Gasteiger partial charge in [0.25, 0.3) is 0 Å². The molecule has 0 bridgehead atoms. The van der Waals surface area contributed by atoms with Crippen LogP contribution in [0.15, 0.2) is 188 Å². The van der Waals surface area contributed by atoms with E-state index in [0.29, 0.717) is 90.6 Å². The number of piperidine rings is 3. The fourth-order valence-corrected chi connectivity index (χ4v) is 16.3. The molecule has 6 aliphatic rings. The highest BCUT2D eigenvalue weighted by atomic mass is 19.2. The van der Waals surface area contributed by atoms with Gasteiger partial charge in [0, 0.05) is 124 Å². The molecule has 0 aliphatic carbocycles. The summed E-state index contributed by atoms with van der Waals surface area (Å²) in [6.45, 7) is 19.1. The normalized spacial score (nSPS) is 18.4. The molecule has 6 atom stereocenters. The molecule has 0 saturated carbocycles. The number of hydrogen-bond acceptors (Lipinski definition) is 21. The zero-order chi connectivity index (χ0) is 86.6. The Hall–Kier alpha value is -10.1. The molecule has 0 spiro atoms. The van der Waals surface area contributed by atoms with Crippen molar-refractivity contribution < 1.29 is 93.0 Å². The summed E-state index contributed by atoms with van der Waals surface area (Å²) in [5, 5.41) is 10.5. The van der Waals surface area contributed by atoms with Crippen LogP contribution in [0.2, 0.25) is 0 Å². The molecule has 6 aliphatic heterocycles. The smallest absolute Gasteiger partial charge is 0.200 e. The third kappa shape index (κ3) is 28.2. The molecule has 9 aromatic rings. The average Bonchev–Trinajstić information content (AvgIpc) is 0.813. The van der Waals surface area contributed by atoms with Crippen molar-refractivity contribution in [2.75, 3.05) is 194 Å². The van der Waals surface area contributed by atoms with Crippen LogP contribution in [0, 0.1) is 29.1 Å². The van der Waals surface area contributed by atoms with E-state index < -0.39 is 23.3 Å². The van der Waals surface area contributed by atoms with Crippen LogP contribution in [0.1, 0.15) is 109 Å². The summed E-state index contributed by atoms with van der Waals surface area (Å²) in [5.41, 5.74) is 10.5. The number of benzene rings is 9. The lowest BCUT2D eigenvalue weighted by molar-refractivity contribution is 0.0105. The molecule has 26 heteroatoms. The van der Waals surface area contributed by atoms with E-state index in [1.807, 2.05) is 36.4 Å².